The average Bonchev–Trinajstić information content (AvgIpc) is 2.56. The molecule has 0 aromatic heterocycles. The maximum Gasteiger partial charge on any atom is 0.233 e. The number of hydrogen-bond acceptors (Lipinski definition) is 3. The van der Waals surface area contributed by atoms with Crippen LogP contribution in [0.3, 0.4) is 0 Å². The molecule has 2 rings (SSSR count). The standard InChI is InChI=1S/C13H19NO3/c1-2-5-9(15)8-14-12(16)10-6-3-4-7-11(10)13(14)17/h3-4,9-11,15H,2,5-8H2,1H3/t9?,10-,11+. The summed E-state index contributed by atoms with van der Waals surface area (Å²) in [6.07, 6.45) is 6.17. The maximum absolute atomic E-state index is 12.0. The minimum atomic E-state index is -0.582. The van der Waals surface area contributed by atoms with E-state index in [-0.39, 0.29) is 30.2 Å². The Morgan fingerprint density at radius 1 is 1.29 bits per heavy atom. The number of carbonyl (C=O) groups excluding carboxylic acids is 2. The van der Waals surface area contributed by atoms with Crippen molar-refractivity contribution in [1.29, 1.82) is 0 Å². The average molecular weight is 237 g/mol. The van der Waals surface area contributed by atoms with Gasteiger partial charge in [0.25, 0.3) is 0 Å². The lowest BCUT2D eigenvalue weighted by atomic mass is 9.85. The van der Waals surface area contributed by atoms with Crippen LogP contribution in [0.15, 0.2) is 12.2 Å². The van der Waals surface area contributed by atoms with Gasteiger partial charge in [-0.15, -0.1) is 0 Å². The Morgan fingerprint density at radius 3 is 2.29 bits per heavy atom. The molecule has 0 radical (unpaired) electrons. The zero-order valence-corrected chi connectivity index (χ0v) is 10.1. The Kier molecular flexibility index (Phi) is 3.62. The first-order chi connectivity index (χ1) is 8.15. The molecule has 1 fully saturated rings. The van der Waals surface area contributed by atoms with Crippen LogP contribution in [0.1, 0.15) is 32.6 Å². The first-order valence-electron chi connectivity index (χ1n) is 6.33. The molecule has 4 nitrogen and oxygen atoms in total. The van der Waals surface area contributed by atoms with Gasteiger partial charge in [0.15, 0.2) is 0 Å². The zero-order chi connectivity index (χ0) is 12.4. The van der Waals surface area contributed by atoms with E-state index in [0.717, 1.165) is 6.42 Å². The number of likely N-dealkylation sites (tertiary alicyclic amines) is 1. The van der Waals surface area contributed by atoms with Crippen LogP contribution in [0.5, 0.6) is 0 Å². The Hall–Kier alpha value is -1.16. The van der Waals surface area contributed by atoms with E-state index in [2.05, 4.69) is 0 Å². The number of carbonyl (C=O) groups is 2. The molecule has 2 amide bonds. The van der Waals surface area contributed by atoms with Crippen LogP contribution in [-0.2, 0) is 9.59 Å². The second kappa shape index (κ2) is 5.00. The lowest BCUT2D eigenvalue weighted by molar-refractivity contribution is -0.141. The number of hydrogen-bond donors (Lipinski definition) is 1. The summed E-state index contributed by atoms with van der Waals surface area (Å²) in [5.41, 5.74) is 0. The summed E-state index contributed by atoms with van der Waals surface area (Å²) in [4.78, 5) is 25.4. The van der Waals surface area contributed by atoms with Gasteiger partial charge >= 0.3 is 0 Å². The smallest absolute Gasteiger partial charge is 0.233 e. The normalized spacial score (nSPS) is 29.6. The van der Waals surface area contributed by atoms with Gasteiger partial charge in [0, 0.05) is 0 Å². The van der Waals surface area contributed by atoms with Crippen molar-refractivity contribution in [3.05, 3.63) is 12.2 Å². The van der Waals surface area contributed by atoms with Crippen LogP contribution in [0.2, 0.25) is 0 Å². The largest absolute Gasteiger partial charge is 0.391 e. The number of amides is 2. The number of nitrogens with zero attached hydrogens (tertiary/aromatic N) is 1. The number of fused-ring (bicyclic) bond motifs is 1. The molecule has 2 aliphatic rings. The molecule has 1 aliphatic heterocycles. The molecule has 0 bridgehead atoms. The molecule has 17 heavy (non-hydrogen) atoms. The molecule has 0 saturated carbocycles. The summed E-state index contributed by atoms with van der Waals surface area (Å²) in [6, 6.07) is 0. The van der Waals surface area contributed by atoms with Crippen LogP contribution in [0, 0.1) is 11.8 Å². The van der Waals surface area contributed by atoms with Gasteiger partial charge in [0.1, 0.15) is 0 Å². The van der Waals surface area contributed by atoms with Crippen molar-refractivity contribution in [3.8, 4) is 0 Å². The van der Waals surface area contributed by atoms with Crippen molar-refractivity contribution in [2.24, 2.45) is 11.8 Å². The quantitative estimate of drug-likeness (QED) is 0.588. The van der Waals surface area contributed by atoms with Gasteiger partial charge in [-0.25, -0.2) is 0 Å². The molecule has 3 atom stereocenters. The summed E-state index contributed by atoms with van der Waals surface area (Å²) in [5, 5.41) is 9.72. The molecule has 0 spiro atoms. The SMILES string of the molecule is CCCC(O)CN1C(=O)[C@H]2CC=CC[C@H]2C1=O. The fraction of sp³-hybridized carbons (Fsp3) is 0.692. The van der Waals surface area contributed by atoms with Crippen LogP contribution < -0.4 is 0 Å². The second-order valence-corrected chi connectivity index (χ2v) is 4.89. The molecule has 94 valence electrons. The van der Waals surface area contributed by atoms with Gasteiger partial charge < -0.3 is 5.11 Å². The molecule has 1 aliphatic carbocycles. The summed E-state index contributed by atoms with van der Waals surface area (Å²) >= 11 is 0. The van der Waals surface area contributed by atoms with Crippen LogP contribution in [0.4, 0.5) is 0 Å². The summed E-state index contributed by atoms with van der Waals surface area (Å²) in [6.45, 7) is 2.14. The predicted molar refractivity (Wildman–Crippen MR) is 63.0 cm³/mol. The maximum atomic E-state index is 12.0. The second-order valence-electron chi connectivity index (χ2n) is 4.89. The minimum absolute atomic E-state index is 0.0977. The molecule has 1 N–H and O–H groups in total. The van der Waals surface area contributed by atoms with Crippen LogP contribution >= 0.6 is 0 Å². The van der Waals surface area contributed by atoms with E-state index in [4.69, 9.17) is 0 Å². The Bertz CT molecular complexity index is 325. The van der Waals surface area contributed by atoms with Crippen molar-refractivity contribution < 1.29 is 14.7 Å². The third kappa shape index (κ3) is 2.27. The molecular weight excluding hydrogens is 218 g/mol. The fourth-order valence-corrected chi connectivity index (χ4v) is 2.68. The highest BCUT2D eigenvalue weighted by atomic mass is 16.3. The zero-order valence-electron chi connectivity index (χ0n) is 10.1. The Labute approximate surface area is 101 Å². The fourth-order valence-electron chi connectivity index (χ4n) is 2.68. The van der Waals surface area contributed by atoms with Crippen molar-refractivity contribution >= 4 is 11.8 Å². The highest BCUT2D eigenvalue weighted by Crippen LogP contribution is 2.35. The van der Waals surface area contributed by atoms with E-state index in [0.29, 0.717) is 19.3 Å². The topological polar surface area (TPSA) is 57.6 Å². The lowest BCUT2D eigenvalue weighted by Gasteiger charge is -2.18. The molecular formula is C13H19NO3. The van der Waals surface area contributed by atoms with E-state index in [1.807, 2.05) is 19.1 Å². The molecule has 1 saturated heterocycles. The number of aliphatic hydroxyl groups is 1. The lowest BCUT2D eigenvalue weighted by Crippen LogP contribution is -2.37. The number of β-amino-alcohol motifs (C(OH)–C–C–N with tert-alkyl or cyclic N) is 1. The van der Waals surface area contributed by atoms with Gasteiger partial charge in [-0.2, -0.15) is 0 Å². The van der Waals surface area contributed by atoms with Crippen LogP contribution in [0.25, 0.3) is 0 Å². The number of rotatable bonds is 4. The Balaban J connectivity index is 2.05. The third-order valence-corrected chi connectivity index (χ3v) is 3.61. The number of imide groups is 1. The molecule has 1 heterocycles. The van der Waals surface area contributed by atoms with Gasteiger partial charge in [-0.1, -0.05) is 25.5 Å². The molecule has 0 aromatic rings. The molecule has 1 unspecified atom stereocenters. The highest BCUT2D eigenvalue weighted by Gasteiger charge is 2.47. The van der Waals surface area contributed by atoms with Gasteiger partial charge in [-0.3, -0.25) is 14.5 Å². The van der Waals surface area contributed by atoms with E-state index in [1.165, 1.54) is 4.90 Å². The van der Waals surface area contributed by atoms with E-state index in [1.54, 1.807) is 0 Å². The van der Waals surface area contributed by atoms with E-state index in [9.17, 15) is 14.7 Å². The summed E-state index contributed by atoms with van der Waals surface area (Å²) in [7, 11) is 0. The third-order valence-electron chi connectivity index (χ3n) is 3.61. The van der Waals surface area contributed by atoms with Gasteiger partial charge in [-0.05, 0) is 19.3 Å². The first kappa shape index (κ1) is 12.3. The monoisotopic (exact) mass is 237 g/mol. The van der Waals surface area contributed by atoms with Crippen molar-refractivity contribution in [1.82, 2.24) is 4.90 Å². The van der Waals surface area contributed by atoms with Gasteiger partial charge in [0.05, 0.1) is 24.5 Å². The van der Waals surface area contributed by atoms with E-state index >= 15 is 0 Å². The van der Waals surface area contributed by atoms with Gasteiger partial charge in [0.2, 0.25) is 11.8 Å². The molecule has 4 heteroatoms. The Morgan fingerprint density at radius 2 is 1.82 bits per heavy atom. The summed E-state index contributed by atoms with van der Waals surface area (Å²) in [5.74, 6) is -0.554. The van der Waals surface area contributed by atoms with Crippen LogP contribution in [-0.4, -0.2) is 34.5 Å². The minimum Gasteiger partial charge on any atom is -0.391 e. The predicted octanol–water partition coefficient (Wildman–Crippen LogP) is 1.10. The first-order valence-corrected chi connectivity index (χ1v) is 6.33. The number of aliphatic hydroxyl groups excluding tert-OH is 1. The highest BCUT2D eigenvalue weighted by molar-refractivity contribution is 6.05. The number of allylic oxidation sites excluding steroid dienone is 2. The van der Waals surface area contributed by atoms with Crippen molar-refractivity contribution in [2.45, 2.75) is 38.7 Å². The molecule has 0 aromatic carbocycles. The van der Waals surface area contributed by atoms with Crippen molar-refractivity contribution in [3.63, 3.8) is 0 Å². The van der Waals surface area contributed by atoms with Crippen molar-refractivity contribution in [2.75, 3.05) is 6.54 Å². The summed E-state index contributed by atoms with van der Waals surface area (Å²) < 4.78 is 0. The van der Waals surface area contributed by atoms with E-state index < -0.39 is 6.10 Å².